The van der Waals surface area contributed by atoms with Gasteiger partial charge in [-0.1, -0.05) is 18.2 Å². The van der Waals surface area contributed by atoms with E-state index in [4.69, 9.17) is 9.84 Å². The van der Waals surface area contributed by atoms with E-state index in [1.807, 2.05) is 0 Å². The maximum Gasteiger partial charge on any atom is 0.0841 e. The van der Waals surface area contributed by atoms with Gasteiger partial charge in [-0.15, -0.1) is 0 Å². The SMILES string of the molecule is CC(C)OCCn1nc(CNC2CC2)c2ccccc21. The highest BCUT2D eigenvalue weighted by molar-refractivity contribution is 5.81. The first-order valence-corrected chi connectivity index (χ1v) is 7.53. The Hall–Kier alpha value is -1.39. The van der Waals surface area contributed by atoms with Crippen LogP contribution in [0.15, 0.2) is 24.3 Å². The quantitative estimate of drug-likeness (QED) is 0.843. The van der Waals surface area contributed by atoms with Gasteiger partial charge in [0.2, 0.25) is 0 Å². The molecule has 3 rings (SSSR count). The predicted octanol–water partition coefficient (Wildman–Crippen LogP) is 2.71. The van der Waals surface area contributed by atoms with Gasteiger partial charge in [-0.2, -0.15) is 5.10 Å². The highest BCUT2D eigenvalue weighted by Gasteiger charge is 2.21. The van der Waals surface area contributed by atoms with Crippen molar-refractivity contribution in [2.75, 3.05) is 6.61 Å². The van der Waals surface area contributed by atoms with Crippen LogP contribution in [-0.2, 0) is 17.8 Å². The Morgan fingerprint density at radius 3 is 2.90 bits per heavy atom. The summed E-state index contributed by atoms with van der Waals surface area (Å²) in [5.41, 5.74) is 2.35. The van der Waals surface area contributed by atoms with Crippen molar-refractivity contribution in [3.63, 3.8) is 0 Å². The molecule has 0 amide bonds. The van der Waals surface area contributed by atoms with Crippen LogP contribution >= 0.6 is 0 Å². The number of para-hydroxylation sites is 1. The van der Waals surface area contributed by atoms with Crippen LogP contribution in [0.3, 0.4) is 0 Å². The lowest BCUT2D eigenvalue weighted by Gasteiger charge is -2.08. The molecular weight excluding hydrogens is 250 g/mol. The van der Waals surface area contributed by atoms with Crippen molar-refractivity contribution in [3.8, 4) is 0 Å². The predicted molar refractivity (Wildman–Crippen MR) is 80.7 cm³/mol. The maximum absolute atomic E-state index is 5.64. The van der Waals surface area contributed by atoms with Crippen molar-refractivity contribution in [2.24, 2.45) is 0 Å². The number of rotatable bonds is 7. The molecule has 0 atom stereocenters. The number of aromatic nitrogens is 2. The largest absolute Gasteiger partial charge is 0.377 e. The molecule has 4 heteroatoms. The smallest absolute Gasteiger partial charge is 0.0841 e. The molecule has 108 valence electrons. The third-order valence-electron chi connectivity index (χ3n) is 3.62. The Morgan fingerprint density at radius 2 is 2.15 bits per heavy atom. The highest BCUT2D eigenvalue weighted by Crippen LogP contribution is 2.22. The average molecular weight is 273 g/mol. The molecule has 0 unspecified atom stereocenters. The third kappa shape index (κ3) is 3.19. The van der Waals surface area contributed by atoms with Crippen LogP contribution in [0.1, 0.15) is 32.4 Å². The van der Waals surface area contributed by atoms with Crippen molar-refractivity contribution in [1.29, 1.82) is 0 Å². The number of hydrogen-bond acceptors (Lipinski definition) is 3. The van der Waals surface area contributed by atoms with E-state index >= 15 is 0 Å². The zero-order valence-corrected chi connectivity index (χ0v) is 12.3. The van der Waals surface area contributed by atoms with E-state index in [2.05, 4.69) is 48.1 Å². The third-order valence-corrected chi connectivity index (χ3v) is 3.62. The fraction of sp³-hybridized carbons (Fsp3) is 0.562. The van der Waals surface area contributed by atoms with E-state index in [0.29, 0.717) is 12.6 Å². The van der Waals surface area contributed by atoms with Crippen LogP contribution in [0.2, 0.25) is 0 Å². The van der Waals surface area contributed by atoms with Gasteiger partial charge in [-0.3, -0.25) is 4.68 Å². The Kier molecular flexibility index (Phi) is 4.03. The van der Waals surface area contributed by atoms with E-state index in [-0.39, 0.29) is 6.10 Å². The molecule has 1 heterocycles. The minimum Gasteiger partial charge on any atom is -0.377 e. The highest BCUT2D eigenvalue weighted by atomic mass is 16.5. The van der Waals surface area contributed by atoms with Gasteiger partial charge in [0.1, 0.15) is 0 Å². The standard InChI is InChI=1S/C16H23N3O/c1-12(2)20-10-9-19-16-6-4-3-5-14(16)15(18-19)11-17-13-7-8-13/h3-6,12-13,17H,7-11H2,1-2H3. The number of nitrogens with zero attached hydrogens (tertiary/aromatic N) is 2. The van der Waals surface area contributed by atoms with Crippen LogP contribution in [0, 0.1) is 0 Å². The number of benzene rings is 1. The van der Waals surface area contributed by atoms with Crippen LogP contribution in [-0.4, -0.2) is 28.5 Å². The summed E-state index contributed by atoms with van der Waals surface area (Å²) >= 11 is 0. The Bertz CT molecular complexity index is 572. The van der Waals surface area contributed by atoms with Crippen molar-refractivity contribution in [1.82, 2.24) is 15.1 Å². The summed E-state index contributed by atoms with van der Waals surface area (Å²) in [6.07, 6.45) is 2.88. The molecule has 2 aromatic rings. The first-order valence-electron chi connectivity index (χ1n) is 7.53. The molecule has 0 bridgehead atoms. The van der Waals surface area contributed by atoms with Gasteiger partial charge in [0.25, 0.3) is 0 Å². The first kappa shape index (κ1) is 13.6. The molecule has 1 aliphatic carbocycles. The monoisotopic (exact) mass is 273 g/mol. The van der Waals surface area contributed by atoms with Crippen molar-refractivity contribution in [3.05, 3.63) is 30.0 Å². The number of ether oxygens (including phenoxy) is 1. The second kappa shape index (κ2) is 5.94. The van der Waals surface area contributed by atoms with E-state index in [9.17, 15) is 0 Å². The van der Waals surface area contributed by atoms with Gasteiger partial charge in [-0.05, 0) is 32.8 Å². The van der Waals surface area contributed by atoms with E-state index in [1.54, 1.807) is 0 Å². The minimum atomic E-state index is 0.271. The minimum absolute atomic E-state index is 0.271. The summed E-state index contributed by atoms with van der Waals surface area (Å²) in [7, 11) is 0. The molecule has 1 aromatic heterocycles. The Labute approximate surface area is 120 Å². The lowest BCUT2D eigenvalue weighted by molar-refractivity contribution is 0.0715. The summed E-state index contributed by atoms with van der Waals surface area (Å²) in [4.78, 5) is 0. The van der Waals surface area contributed by atoms with E-state index < -0.39 is 0 Å². The van der Waals surface area contributed by atoms with Gasteiger partial charge >= 0.3 is 0 Å². The molecule has 0 radical (unpaired) electrons. The molecule has 1 saturated carbocycles. The number of hydrogen-bond donors (Lipinski definition) is 1. The molecule has 1 aromatic carbocycles. The van der Waals surface area contributed by atoms with Gasteiger partial charge in [0.05, 0.1) is 30.5 Å². The molecule has 1 N–H and O–H groups in total. The lowest BCUT2D eigenvalue weighted by Crippen LogP contribution is -2.16. The molecule has 20 heavy (non-hydrogen) atoms. The molecule has 1 aliphatic rings. The number of fused-ring (bicyclic) bond motifs is 1. The van der Waals surface area contributed by atoms with Gasteiger partial charge in [0, 0.05) is 18.0 Å². The summed E-state index contributed by atoms with van der Waals surface area (Å²) in [5.74, 6) is 0. The average Bonchev–Trinajstić information content (AvgIpc) is 3.20. The molecule has 0 spiro atoms. The zero-order valence-electron chi connectivity index (χ0n) is 12.3. The van der Waals surface area contributed by atoms with Crippen LogP contribution in [0.25, 0.3) is 10.9 Å². The van der Waals surface area contributed by atoms with Crippen LogP contribution < -0.4 is 5.32 Å². The fourth-order valence-electron chi connectivity index (χ4n) is 2.40. The second-order valence-electron chi connectivity index (χ2n) is 5.76. The lowest BCUT2D eigenvalue weighted by atomic mass is 10.2. The summed E-state index contributed by atoms with van der Waals surface area (Å²) in [5, 5.41) is 9.56. The normalized spacial score (nSPS) is 15.3. The Morgan fingerprint density at radius 1 is 1.35 bits per heavy atom. The number of nitrogens with one attached hydrogen (secondary N) is 1. The second-order valence-corrected chi connectivity index (χ2v) is 5.76. The summed E-state index contributed by atoms with van der Waals surface area (Å²) in [6.45, 7) is 6.50. The van der Waals surface area contributed by atoms with Gasteiger partial charge < -0.3 is 10.1 Å². The maximum atomic E-state index is 5.64. The molecular formula is C16H23N3O. The molecule has 0 aliphatic heterocycles. The molecule has 0 saturated heterocycles. The topological polar surface area (TPSA) is 39.1 Å². The zero-order chi connectivity index (χ0) is 13.9. The fourth-order valence-corrected chi connectivity index (χ4v) is 2.40. The Balaban J connectivity index is 1.75. The van der Waals surface area contributed by atoms with Gasteiger partial charge in [-0.25, -0.2) is 0 Å². The van der Waals surface area contributed by atoms with E-state index in [1.165, 1.54) is 23.7 Å². The summed E-state index contributed by atoms with van der Waals surface area (Å²) in [6, 6.07) is 9.16. The van der Waals surface area contributed by atoms with Crippen molar-refractivity contribution < 1.29 is 4.74 Å². The van der Waals surface area contributed by atoms with Gasteiger partial charge in [0.15, 0.2) is 0 Å². The van der Waals surface area contributed by atoms with Crippen LogP contribution in [0.4, 0.5) is 0 Å². The summed E-state index contributed by atoms with van der Waals surface area (Å²) < 4.78 is 7.71. The van der Waals surface area contributed by atoms with Crippen LogP contribution in [0.5, 0.6) is 0 Å². The van der Waals surface area contributed by atoms with Crippen molar-refractivity contribution in [2.45, 2.75) is 51.9 Å². The molecule has 1 fully saturated rings. The van der Waals surface area contributed by atoms with Crippen molar-refractivity contribution >= 4 is 10.9 Å². The first-order chi connectivity index (χ1) is 9.74. The molecule has 4 nitrogen and oxygen atoms in total. The van der Waals surface area contributed by atoms with E-state index in [0.717, 1.165) is 18.8 Å².